The Morgan fingerprint density at radius 2 is 0.838 bits per heavy atom. The number of nitrogens with zero attached hydrogens (tertiary/aromatic N) is 8. The molecular formula is C52H75N9O19. The molecular weight excluding hydrogens is 1050 g/mol. The van der Waals surface area contributed by atoms with E-state index in [4.69, 9.17) is 0 Å². The Morgan fingerprint density at radius 3 is 1.25 bits per heavy atom. The standard InChI is InChI=1S/C52H75N9O19/c1-29-6-2-16-55(29)42(67)14-11-40(65)37-20-31(63)25-60(37)50(77)35-9-5-19-58(35)45(70)23-53-48(75)39-22-32(64)26-61(39)51(78)34-8-4-18-57(34)44(69)15-12-41(66)38-21-30(62)24-59(38)49(76)33-7-3-17-56(33)43(68)13-10-36(52(79)80)54(27-46(71)72)28-47(73)74/h29-39,62-64H,2-28H2,1H3,(H,53,75)(H,71,72)(H,73,74)(H,79,80)/t29-,30-,31-,32?,33+,34+,35+,36?,37-,38-,39-/m0/s1. The number of aliphatic hydroxyl groups is 3. The van der Waals surface area contributed by atoms with Crippen molar-refractivity contribution in [2.24, 2.45) is 0 Å². The van der Waals surface area contributed by atoms with Gasteiger partial charge in [0.25, 0.3) is 0 Å². The van der Waals surface area contributed by atoms with Gasteiger partial charge in [0.2, 0.25) is 47.3 Å². The molecule has 7 rings (SSSR count). The quantitative estimate of drug-likeness (QED) is 0.0519. The summed E-state index contributed by atoms with van der Waals surface area (Å²) < 4.78 is 0. The lowest BCUT2D eigenvalue weighted by atomic mass is 10.0. The highest BCUT2D eigenvalue weighted by atomic mass is 16.4. The van der Waals surface area contributed by atoms with Crippen molar-refractivity contribution in [1.82, 2.24) is 44.5 Å². The number of aliphatic carboxylic acids is 3. The smallest absolute Gasteiger partial charge is 0.320 e. The van der Waals surface area contributed by atoms with Crippen LogP contribution in [0.3, 0.4) is 0 Å². The van der Waals surface area contributed by atoms with Crippen LogP contribution in [-0.2, 0) is 62.3 Å². The maximum absolute atomic E-state index is 14.2. The van der Waals surface area contributed by atoms with E-state index >= 15 is 0 Å². The number of Topliss-reactive ketones (excluding diaryl/α,β-unsaturated/α-hetero) is 2. The van der Waals surface area contributed by atoms with Crippen LogP contribution in [0.25, 0.3) is 0 Å². The maximum atomic E-state index is 14.2. The lowest BCUT2D eigenvalue weighted by Gasteiger charge is -2.32. The molecule has 8 amide bonds. The van der Waals surface area contributed by atoms with E-state index in [0.717, 1.165) is 22.6 Å². The van der Waals surface area contributed by atoms with Crippen LogP contribution < -0.4 is 5.32 Å². The SMILES string of the molecule is C[C@H]1CCCN1C(=O)CCC(=O)[C@@H]1C[C@H](O)CN1C(=O)[C@H]1CCCN1C(=O)CNC(=O)[C@@H]1CC(O)CN1C(=O)[C@H]1CCCN1C(=O)CCC(=O)[C@@H]1C[C@H](O)CN1C(=O)[C@H]1CCCN1C(=O)CCC(C(=O)O)N(CC(=O)O)CC(=O)O. The van der Waals surface area contributed by atoms with Crippen LogP contribution >= 0.6 is 0 Å². The molecule has 7 saturated heterocycles. The molecule has 0 saturated carbocycles. The number of hydrogen-bond acceptors (Lipinski definition) is 17. The summed E-state index contributed by atoms with van der Waals surface area (Å²) in [5.41, 5.74) is 0. The second kappa shape index (κ2) is 26.7. The molecule has 7 fully saturated rings. The van der Waals surface area contributed by atoms with Gasteiger partial charge in [-0.25, -0.2) is 0 Å². The Kier molecular flexibility index (Phi) is 20.4. The van der Waals surface area contributed by atoms with Gasteiger partial charge in [-0.2, -0.15) is 0 Å². The Morgan fingerprint density at radius 1 is 0.463 bits per heavy atom. The first-order chi connectivity index (χ1) is 37.9. The van der Waals surface area contributed by atoms with Crippen molar-refractivity contribution in [1.29, 1.82) is 0 Å². The van der Waals surface area contributed by atoms with Crippen molar-refractivity contribution in [3.05, 3.63) is 0 Å². The predicted octanol–water partition coefficient (Wildman–Crippen LogP) is -3.62. The largest absolute Gasteiger partial charge is 0.480 e. The number of carboxylic acids is 3. The summed E-state index contributed by atoms with van der Waals surface area (Å²) in [5, 5.41) is 62.7. The highest BCUT2D eigenvalue weighted by Crippen LogP contribution is 2.31. The molecule has 11 atom stereocenters. The van der Waals surface area contributed by atoms with Crippen LogP contribution in [0.2, 0.25) is 0 Å². The van der Waals surface area contributed by atoms with Gasteiger partial charge in [-0.1, -0.05) is 0 Å². The molecule has 0 radical (unpaired) electrons. The zero-order chi connectivity index (χ0) is 58.3. The minimum atomic E-state index is -1.65. The molecule has 0 aromatic heterocycles. The molecule has 442 valence electrons. The minimum Gasteiger partial charge on any atom is -0.480 e. The Balaban J connectivity index is 0.896. The molecule has 0 aliphatic carbocycles. The van der Waals surface area contributed by atoms with E-state index in [1.165, 1.54) is 19.6 Å². The molecule has 7 N–H and O–H groups in total. The van der Waals surface area contributed by atoms with Gasteiger partial charge in [0.05, 0.1) is 50.0 Å². The van der Waals surface area contributed by atoms with E-state index in [2.05, 4.69) is 5.32 Å². The van der Waals surface area contributed by atoms with Gasteiger partial charge < -0.3 is 70.3 Å². The second-order valence-electron chi connectivity index (χ2n) is 22.2. The summed E-state index contributed by atoms with van der Waals surface area (Å²) in [4.78, 5) is 182. The number of carbonyl (C=O) groups excluding carboxylic acids is 10. The van der Waals surface area contributed by atoms with Crippen molar-refractivity contribution in [2.45, 2.75) is 183 Å². The average molecular weight is 1130 g/mol. The van der Waals surface area contributed by atoms with E-state index in [0.29, 0.717) is 30.7 Å². The predicted molar refractivity (Wildman–Crippen MR) is 272 cm³/mol. The van der Waals surface area contributed by atoms with Crippen LogP contribution in [0.5, 0.6) is 0 Å². The number of rotatable bonds is 23. The van der Waals surface area contributed by atoms with Gasteiger partial charge in [-0.3, -0.25) is 67.2 Å². The lowest BCUT2D eigenvalue weighted by molar-refractivity contribution is -0.150. The van der Waals surface area contributed by atoms with Crippen LogP contribution in [0.4, 0.5) is 0 Å². The number of hydrogen-bond donors (Lipinski definition) is 7. The van der Waals surface area contributed by atoms with Crippen molar-refractivity contribution < 1.29 is 93.0 Å². The molecule has 80 heavy (non-hydrogen) atoms. The summed E-state index contributed by atoms with van der Waals surface area (Å²) in [6, 6.07) is -8.08. The summed E-state index contributed by atoms with van der Waals surface area (Å²) in [6.07, 6.45) is -1.80. The van der Waals surface area contributed by atoms with Crippen LogP contribution in [-0.4, -0.2) is 279 Å². The summed E-state index contributed by atoms with van der Waals surface area (Å²) in [6.45, 7) is -0.0713. The second-order valence-corrected chi connectivity index (χ2v) is 22.2. The number of amides is 8. The van der Waals surface area contributed by atoms with Gasteiger partial charge in [0.15, 0.2) is 11.6 Å². The zero-order valence-corrected chi connectivity index (χ0v) is 45.0. The van der Waals surface area contributed by atoms with Gasteiger partial charge >= 0.3 is 17.9 Å². The van der Waals surface area contributed by atoms with Gasteiger partial charge in [-0.05, 0) is 64.7 Å². The summed E-state index contributed by atoms with van der Waals surface area (Å²) >= 11 is 0. The molecule has 0 aromatic carbocycles. The van der Waals surface area contributed by atoms with Gasteiger partial charge in [0, 0.05) is 103 Å². The number of nitrogens with one attached hydrogen (secondary N) is 1. The monoisotopic (exact) mass is 1130 g/mol. The normalized spacial score (nSPS) is 28.0. The zero-order valence-electron chi connectivity index (χ0n) is 45.0. The van der Waals surface area contributed by atoms with Crippen molar-refractivity contribution in [3.63, 3.8) is 0 Å². The third kappa shape index (κ3) is 14.3. The Hall–Kier alpha value is -6.65. The molecule has 2 unspecified atom stereocenters. The molecule has 0 aromatic rings. The molecule has 7 heterocycles. The number of ketones is 2. The van der Waals surface area contributed by atoms with Crippen molar-refractivity contribution >= 4 is 76.7 Å². The van der Waals surface area contributed by atoms with E-state index in [1.54, 1.807) is 4.90 Å². The first-order valence-corrected chi connectivity index (χ1v) is 27.8. The number of carboxylic acid groups (broad SMARTS) is 3. The fraction of sp³-hybridized carbons (Fsp3) is 0.750. The molecule has 28 nitrogen and oxygen atoms in total. The summed E-state index contributed by atoms with van der Waals surface area (Å²) in [7, 11) is 0. The Labute approximate surface area is 461 Å². The van der Waals surface area contributed by atoms with E-state index in [-0.39, 0.29) is 115 Å². The van der Waals surface area contributed by atoms with E-state index in [9.17, 15) is 93.0 Å². The third-order valence-corrected chi connectivity index (χ3v) is 16.8. The highest BCUT2D eigenvalue weighted by molar-refractivity contribution is 5.98. The van der Waals surface area contributed by atoms with Gasteiger partial charge in [-0.15, -0.1) is 0 Å². The number of carbonyl (C=O) groups is 13. The first-order valence-electron chi connectivity index (χ1n) is 27.8. The highest BCUT2D eigenvalue weighted by Gasteiger charge is 2.49. The van der Waals surface area contributed by atoms with E-state index in [1.807, 2.05) is 6.92 Å². The molecule has 7 aliphatic heterocycles. The third-order valence-electron chi connectivity index (χ3n) is 16.8. The van der Waals surface area contributed by atoms with Crippen LogP contribution in [0.1, 0.15) is 116 Å². The Bertz CT molecular complexity index is 2430. The lowest BCUT2D eigenvalue weighted by Crippen LogP contribution is -2.55. The number of likely N-dealkylation sites (tertiary alicyclic amines) is 7. The van der Waals surface area contributed by atoms with Gasteiger partial charge in [0.1, 0.15) is 30.2 Å². The van der Waals surface area contributed by atoms with Crippen LogP contribution in [0, 0.1) is 0 Å². The number of aliphatic hydroxyl groups excluding tert-OH is 3. The molecule has 28 heteroatoms. The van der Waals surface area contributed by atoms with Crippen molar-refractivity contribution in [3.8, 4) is 0 Å². The fourth-order valence-corrected chi connectivity index (χ4v) is 12.8. The maximum Gasteiger partial charge on any atom is 0.320 e. The average Bonchev–Trinajstić information content (AvgIpc) is 4.31. The molecule has 0 bridgehead atoms. The minimum absolute atomic E-state index is 0.000109. The summed E-state index contributed by atoms with van der Waals surface area (Å²) in [5.74, 6) is -10.0. The van der Waals surface area contributed by atoms with Crippen LogP contribution in [0.15, 0.2) is 0 Å². The molecule has 7 aliphatic rings. The van der Waals surface area contributed by atoms with Crippen molar-refractivity contribution in [2.75, 3.05) is 65.4 Å². The first kappa shape index (κ1) is 61.0. The van der Waals surface area contributed by atoms with E-state index < -0.39 is 165 Å². The topological polar surface area (TPSA) is 381 Å². The fourth-order valence-electron chi connectivity index (χ4n) is 12.8. The molecule has 0 spiro atoms. The number of β-amino-alcohol motifs (C(OH)–C–C–N with tert-alkyl or cyclic N) is 3.